The summed E-state index contributed by atoms with van der Waals surface area (Å²) in [5.74, 6) is 1.74. The average molecular weight is 373 g/mol. The Morgan fingerprint density at radius 3 is 2.89 bits per heavy atom. The fraction of sp³-hybridized carbons (Fsp3) is 0.550. The summed E-state index contributed by atoms with van der Waals surface area (Å²) in [5, 5.41) is 7.01. The number of amides is 1. The number of benzene rings is 1. The van der Waals surface area contributed by atoms with Crippen molar-refractivity contribution >= 4 is 5.91 Å². The minimum absolute atomic E-state index is 0.000891. The molecule has 1 amide bonds. The summed E-state index contributed by atoms with van der Waals surface area (Å²) < 4.78 is 16.0. The second-order valence-corrected chi connectivity index (χ2v) is 6.92. The zero-order valence-corrected chi connectivity index (χ0v) is 15.9. The van der Waals surface area contributed by atoms with E-state index in [0.29, 0.717) is 30.7 Å². The van der Waals surface area contributed by atoms with Gasteiger partial charge in [-0.3, -0.25) is 4.79 Å². The van der Waals surface area contributed by atoms with Gasteiger partial charge < -0.3 is 19.3 Å². The van der Waals surface area contributed by atoms with Crippen LogP contribution in [0.5, 0.6) is 5.75 Å². The molecule has 7 nitrogen and oxygen atoms in total. The molecular formula is C20H27N3O4. The van der Waals surface area contributed by atoms with E-state index in [2.05, 4.69) is 15.5 Å². The van der Waals surface area contributed by atoms with Gasteiger partial charge in [0.1, 0.15) is 5.75 Å². The molecule has 1 aliphatic rings. The molecule has 0 radical (unpaired) electrons. The molecule has 1 aromatic carbocycles. The molecule has 1 N–H and O–H groups in total. The van der Waals surface area contributed by atoms with Gasteiger partial charge in [-0.15, -0.1) is 0 Å². The lowest BCUT2D eigenvalue weighted by Crippen LogP contribution is -2.33. The Hall–Kier alpha value is -2.41. The molecule has 0 aliphatic carbocycles. The normalized spacial score (nSPS) is 17.6. The third-order valence-corrected chi connectivity index (χ3v) is 4.74. The van der Waals surface area contributed by atoms with E-state index in [4.69, 9.17) is 14.0 Å². The minimum Gasteiger partial charge on any atom is -0.497 e. The van der Waals surface area contributed by atoms with E-state index in [1.54, 1.807) is 7.11 Å². The monoisotopic (exact) mass is 373 g/mol. The Labute approximate surface area is 159 Å². The van der Waals surface area contributed by atoms with Gasteiger partial charge in [0.25, 0.3) is 0 Å². The van der Waals surface area contributed by atoms with Crippen LogP contribution in [0.3, 0.4) is 0 Å². The summed E-state index contributed by atoms with van der Waals surface area (Å²) in [5.41, 5.74) is 0.845. The van der Waals surface area contributed by atoms with Gasteiger partial charge in [0.05, 0.1) is 13.2 Å². The average Bonchev–Trinajstić information content (AvgIpc) is 3.37. The van der Waals surface area contributed by atoms with Crippen molar-refractivity contribution in [2.45, 2.75) is 57.6 Å². The van der Waals surface area contributed by atoms with Crippen LogP contribution in [0.4, 0.5) is 0 Å². The molecular weight excluding hydrogens is 346 g/mol. The van der Waals surface area contributed by atoms with Crippen molar-refractivity contribution in [1.29, 1.82) is 0 Å². The predicted octanol–water partition coefficient (Wildman–Crippen LogP) is 3.14. The molecule has 146 valence electrons. The fourth-order valence-corrected chi connectivity index (χ4v) is 3.16. The van der Waals surface area contributed by atoms with Gasteiger partial charge in [0.15, 0.2) is 0 Å². The summed E-state index contributed by atoms with van der Waals surface area (Å²) in [7, 11) is 1.62. The fourth-order valence-electron chi connectivity index (χ4n) is 3.16. The highest BCUT2D eigenvalue weighted by Crippen LogP contribution is 2.20. The Bertz CT molecular complexity index is 723. The Morgan fingerprint density at radius 2 is 2.19 bits per heavy atom. The lowest BCUT2D eigenvalue weighted by atomic mass is 10.1. The Balaban J connectivity index is 1.41. The first-order valence-electron chi connectivity index (χ1n) is 9.52. The molecule has 27 heavy (non-hydrogen) atoms. The standard InChI is InChI=1S/C20H27N3O4/c1-14(5-8-17-4-3-13-26-17)21-18(24)11-12-19-22-20(23-27-19)15-6-9-16(25-2)10-7-15/h6-7,9-10,14,17H,3-5,8,11-13H2,1-2H3,(H,21,24). The first kappa shape index (κ1) is 19.4. The van der Waals surface area contributed by atoms with Crippen LogP contribution in [0.2, 0.25) is 0 Å². The number of nitrogens with zero attached hydrogens (tertiary/aromatic N) is 2. The summed E-state index contributed by atoms with van der Waals surface area (Å²) in [4.78, 5) is 16.5. The zero-order valence-electron chi connectivity index (χ0n) is 15.9. The van der Waals surface area contributed by atoms with Crippen molar-refractivity contribution in [2.24, 2.45) is 0 Å². The maximum Gasteiger partial charge on any atom is 0.227 e. The van der Waals surface area contributed by atoms with Gasteiger partial charge >= 0.3 is 0 Å². The van der Waals surface area contributed by atoms with Crippen molar-refractivity contribution in [2.75, 3.05) is 13.7 Å². The molecule has 1 aliphatic heterocycles. The molecule has 2 atom stereocenters. The van der Waals surface area contributed by atoms with Crippen LogP contribution in [0, 0.1) is 0 Å². The maximum atomic E-state index is 12.1. The Morgan fingerprint density at radius 1 is 1.37 bits per heavy atom. The number of rotatable bonds is 9. The van der Waals surface area contributed by atoms with Crippen molar-refractivity contribution < 1.29 is 18.8 Å². The largest absolute Gasteiger partial charge is 0.497 e. The quantitative estimate of drug-likeness (QED) is 0.727. The van der Waals surface area contributed by atoms with Crippen LogP contribution < -0.4 is 10.1 Å². The SMILES string of the molecule is COc1ccc(-c2noc(CCC(=O)NC(C)CCC3CCCO3)n2)cc1. The van der Waals surface area contributed by atoms with E-state index in [-0.39, 0.29) is 11.9 Å². The van der Waals surface area contributed by atoms with E-state index in [9.17, 15) is 4.79 Å². The molecule has 0 spiro atoms. The van der Waals surface area contributed by atoms with Crippen molar-refractivity contribution in [3.05, 3.63) is 30.2 Å². The van der Waals surface area contributed by atoms with Crippen molar-refractivity contribution in [1.82, 2.24) is 15.5 Å². The highest BCUT2D eigenvalue weighted by atomic mass is 16.5. The molecule has 2 unspecified atom stereocenters. The van der Waals surface area contributed by atoms with Gasteiger partial charge in [-0.1, -0.05) is 5.16 Å². The van der Waals surface area contributed by atoms with Gasteiger partial charge in [-0.25, -0.2) is 0 Å². The van der Waals surface area contributed by atoms with Gasteiger partial charge in [-0.2, -0.15) is 4.98 Å². The summed E-state index contributed by atoms with van der Waals surface area (Å²) in [6.45, 7) is 2.90. The maximum absolute atomic E-state index is 12.1. The number of ether oxygens (including phenoxy) is 2. The smallest absolute Gasteiger partial charge is 0.227 e. The third-order valence-electron chi connectivity index (χ3n) is 4.74. The summed E-state index contributed by atoms with van der Waals surface area (Å²) in [6, 6.07) is 7.57. The third kappa shape index (κ3) is 5.79. The van der Waals surface area contributed by atoms with Gasteiger partial charge in [0.2, 0.25) is 17.6 Å². The minimum atomic E-state index is -0.000891. The van der Waals surface area contributed by atoms with Crippen LogP contribution in [-0.4, -0.2) is 41.9 Å². The topological polar surface area (TPSA) is 86.5 Å². The molecule has 0 bridgehead atoms. The molecule has 3 rings (SSSR count). The number of nitrogens with one attached hydrogen (secondary N) is 1. The second kappa shape index (κ2) is 9.50. The number of hydrogen-bond acceptors (Lipinski definition) is 6. The highest BCUT2D eigenvalue weighted by Gasteiger charge is 2.17. The Kier molecular flexibility index (Phi) is 6.81. The first-order valence-corrected chi connectivity index (χ1v) is 9.52. The molecule has 1 saturated heterocycles. The lowest BCUT2D eigenvalue weighted by molar-refractivity contribution is -0.121. The van der Waals surface area contributed by atoms with E-state index in [1.807, 2.05) is 31.2 Å². The van der Waals surface area contributed by atoms with Crippen LogP contribution in [0.1, 0.15) is 44.9 Å². The number of aryl methyl sites for hydroxylation is 1. The van der Waals surface area contributed by atoms with E-state index >= 15 is 0 Å². The second-order valence-electron chi connectivity index (χ2n) is 6.92. The number of aromatic nitrogens is 2. The van der Waals surface area contributed by atoms with Gasteiger partial charge in [-0.05, 0) is 56.9 Å². The lowest BCUT2D eigenvalue weighted by Gasteiger charge is -2.16. The molecule has 1 fully saturated rings. The van der Waals surface area contributed by atoms with Gasteiger partial charge in [0, 0.05) is 31.1 Å². The summed E-state index contributed by atoms with van der Waals surface area (Å²) >= 11 is 0. The number of carbonyl (C=O) groups is 1. The number of hydrogen-bond donors (Lipinski definition) is 1. The molecule has 1 aromatic heterocycles. The van der Waals surface area contributed by atoms with Crippen molar-refractivity contribution in [3.63, 3.8) is 0 Å². The molecule has 2 aromatic rings. The van der Waals surface area contributed by atoms with Crippen molar-refractivity contribution in [3.8, 4) is 17.1 Å². The predicted molar refractivity (Wildman–Crippen MR) is 100 cm³/mol. The van der Waals surface area contributed by atoms with E-state index < -0.39 is 0 Å². The van der Waals surface area contributed by atoms with Crippen LogP contribution in [-0.2, 0) is 16.0 Å². The van der Waals surface area contributed by atoms with Crippen LogP contribution >= 0.6 is 0 Å². The van der Waals surface area contributed by atoms with E-state index in [0.717, 1.165) is 43.6 Å². The summed E-state index contributed by atoms with van der Waals surface area (Å²) in [6.07, 6.45) is 5.32. The molecule has 7 heteroatoms. The first-order chi connectivity index (χ1) is 13.1. The molecule has 2 heterocycles. The van der Waals surface area contributed by atoms with Crippen LogP contribution in [0.25, 0.3) is 11.4 Å². The van der Waals surface area contributed by atoms with Crippen LogP contribution in [0.15, 0.2) is 28.8 Å². The highest BCUT2D eigenvalue weighted by molar-refractivity contribution is 5.76. The zero-order chi connectivity index (χ0) is 19.1. The van der Waals surface area contributed by atoms with E-state index in [1.165, 1.54) is 0 Å². The number of methoxy groups -OCH3 is 1. The molecule has 0 saturated carbocycles. The number of carbonyl (C=O) groups excluding carboxylic acids is 1.